The van der Waals surface area contributed by atoms with Gasteiger partial charge in [0.05, 0.1) is 10.9 Å². The first kappa shape index (κ1) is 9.42. The molecule has 0 aliphatic heterocycles. The second-order valence-electron chi connectivity index (χ2n) is 2.70. The maximum atomic E-state index is 13.1. The Kier molecular flexibility index (Phi) is 3.00. The fraction of sp³-hybridized carbons (Fsp3) is 0.333. The monoisotopic (exact) mass is 185 g/mol. The molecule has 0 aliphatic rings. The van der Waals surface area contributed by atoms with Gasteiger partial charge in [0, 0.05) is 0 Å². The maximum absolute atomic E-state index is 13.1. The highest BCUT2D eigenvalue weighted by Crippen LogP contribution is 2.27. The van der Waals surface area contributed by atoms with Crippen LogP contribution in [0.2, 0.25) is 0 Å². The van der Waals surface area contributed by atoms with E-state index < -0.39 is 0 Å². The lowest BCUT2D eigenvalue weighted by Gasteiger charge is -2.13. The van der Waals surface area contributed by atoms with Crippen molar-refractivity contribution in [3.8, 4) is 0 Å². The molecule has 0 fully saturated rings. The van der Waals surface area contributed by atoms with Crippen LogP contribution >= 0.6 is 11.3 Å². The lowest BCUT2D eigenvalue weighted by atomic mass is 10.1. The Bertz CT molecular complexity index is 280. The molecule has 0 saturated heterocycles. The molecular formula is C9H12FNS. The third-order valence-electron chi connectivity index (χ3n) is 1.69. The zero-order valence-electron chi connectivity index (χ0n) is 7.23. The van der Waals surface area contributed by atoms with E-state index in [0.717, 1.165) is 5.57 Å². The van der Waals surface area contributed by atoms with Gasteiger partial charge >= 0.3 is 0 Å². The molecule has 0 aromatic carbocycles. The number of thiophene rings is 1. The molecule has 1 N–H and O–H groups in total. The van der Waals surface area contributed by atoms with E-state index in [1.807, 2.05) is 6.92 Å². The van der Waals surface area contributed by atoms with Crippen molar-refractivity contribution in [1.82, 2.24) is 5.32 Å². The summed E-state index contributed by atoms with van der Waals surface area (Å²) >= 11 is 1.41. The van der Waals surface area contributed by atoms with Crippen LogP contribution in [-0.2, 0) is 0 Å². The molecule has 0 bridgehead atoms. The normalized spacial score (nSPS) is 12.9. The smallest absolute Gasteiger partial charge is 0.139 e. The molecule has 0 saturated carbocycles. The van der Waals surface area contributed by atoms with E-state index in [9.17, 15) is 4.39 Å². The van der Waals surface area contributed by atoms with Gasteiger partial charge in [-0.15, -0.1) is 11.3 Å². The summed E-state index contributed by atoms with van der Waals surface area (Å²) in [6, 6.07) is 1.43. The summed E-state index contributed by atoms with van der Waals surface area (Å²) in [5.41, 5.74) is 0.929. The summed E-state index contributed by atoms with van der Waals surface area (Å²) in [6.45, 7) is 5.69. The van der Waals surface area contributed by atoms with E-state index in [4.69, 9.17) is 0 Å². The minimum Gasteiger partial charge on any atom is -0.309 e. The highest BCUT2D eigenvalue weighted by Gasteiger charge is 2.15. The summed E-state index contributed by atoms with van der Waals surface area (Å²) in [5.74, 6) is -0.151. The Morgan fingerprint density at radius 3 is 2.75 bits per heavy atom. The second-order valence-corrected chi connectivity index (χ2v) is 3.65. The van der Waals surface area contributed by atoms with Crippen LogP contribution in [0.25, 0.3) is 0 Å². The summed E-state index contributed by atoms with van der Waals surface area (Å²) in [6.07, 6.45) is 0. The molecule has 1 aromatic rings. The van der Waals surface area contributed by atoms with Gasteiger partial charge in [-0.3, -0.25) is 0 Å². The average molecular weight is 185 g/mol. The van der Waals surface area contributed by atoms with Gasteiger partial charge in [0.1, 0.15) is 5.82 Å². The minimum atomic E-state index is -0.151. The number of likely N-dealkylation sites (N-methyl/N-ethyl adjacent to an activating group) is 1. The molecule has 0 aliphatic carbocycles. The van der Waals surface area contributed by atoms with Gasteiger partial charge in [0.2, 0.25) is 0 Å². The van der Waals surface area contributed by atoms with E-state index in [-0.39, 0.29) is 11.9 Å². The van der Waals surface area contributed by atoms with Gasteiger partial charge in [-0.1, -0.05) is 12.2 Å². The number of rotatable bonds is 3. The van der Waals surface area contributed by atoms with Gasteiger partial charge in [0.25, 0.3) is 0 Å². The third kappa shape index (κ3) is 1.73. The Morgan fingerprint density at radius 1 is 1.75 bits per heavy atom. The van der Waals surface area contributed by atoms with Crippen molar-refractivity contribution >= 4 is 11.3 Å². The van der Waals surface area contributed by atoms with Gasteiger partial charge in [-0.05, 0) is 25.4 Å². The lowest BCUT2D eigenvalue weighted by molar-refractivity contribution is 0.585. The topological polar surface area (TPSA) is 12.0 Å². The van der Waals surface area contributed by atoms with Crippen LogP contribution in [0.5, 0.6) is 0 Å². The van der Waals surface area contributed by atoms with Crippen molar-refractivity contribution in [3.05, 3.63) is 34.3 Å². The van der Waals surface area contributed by atoms with Crippen LogP contribution in [-0.4, -0.2) is 7.05 Å². The Labute approximate surface area is 75.9 Å². The summed E-state index contributed by atoms with van der Waals surface area (Å²) in [5, 5.41) is 4.76. The molecule has 1 unspecified atom stereocenters. The molecule has 3 heteroatoms. The standard InChI is InChI=1S/C9H12FNS/c1-6(2)8(11-3)9-7(10)4-5-12-9/h4-5,8,11H,1H2,2-3H3. The molecule has 1 aromatic heterocycles. The second kappa shape index (κ2) is 3.83. The van der Waals surface area contributed by atoms with Crippen molar-refractivity contribution in [2.24, 2.45) is 0 Å². The number of hydrogen-bond acceptors (Lipinski definition) is 2. The van der Waals surface area contributed by atoms with E-state index in [2.05, 4.69) is 11.9 Å². The van der Waals surface area contributed by atoms with Gasteiger partial charge in [0.15, 0.2) is 0 Å². The van der Waals surface area contributed by atoms with Crippen molar-refractivity contribution in [1.29, 1.82) is 0 Å². The fourth-order valence-electron chi connectivity index (χ4n) is 1.11. The van der Waals surface area contributed by atoms with Gasteiger partial charge in [-0.25, -0.2) is 4.39 Å². The molecule has 0 radical (unpaired) electrons. The minimum absolute atomic E-state index is 0.0509. The molecule has 12 heavy (non-hydrogen) atoms. The van der Waals surface area contributed by atoms with Crippen molar-refractivity contribution in [2.75, 3.05) is 7.05 Å². The Hall–Kier alpha value is -0.670. The highest BCUT2D eigenvalue weighted by molar-refractivity contribution is 7.10. The number of halogens is 1. The lowest BCUT2D eigenvalue weighted by Crippen LogP contribution is -2.16. The first-order valence-electron chi connectivity index (χ1n) is 3.72. The molecule has 0 amide bonds. The number of nitrogens with one attached hydrogen (secondary N) is 1. The van der Waals surface area contributed by atoms with Crippen molar-refractivity contribution in [2.45, 2.75) is 13.0 Å². The molecule has 1 atom stereocenters. The van der Waals surface area contributed by atoms with Crippen LogP contribution in [0.1, 0.15) is 17.8 Å². The zero-order valence-corrected chi connectivity index (χ0v) is 8.04. The van der Waals surface area contributed by atoms with E-state index >= 15 is 0 Å². The van der Waals surface area contributed by atoms with E-state index in [1.54, 1.807) is 12.4 Å². The molecule has 1 nitrogen and oxygen atoms in total. The molecule has 66 valence electrons. The maximum Gasteiger partial charge on any atom is 0.139 e. The predicted octanol–water partition coefficient (Wildman–Crippen LogP) is 2.72. The highest BCUT2D eigenvalue weighted by atomic mass is 32.1. The molecule has 0 spiro atoms. The Balaban J connectivity index is 2.94. The van der Waals surface area contributed by atoms with E-state index in [0.29, 0.717) is 4.88 Å². The first-order chi connectivity index (χ1) is 5.66. The van der Waals surface area contributed by atoms with E-state index in [1.165, 1.54) is 17.4 Å². The molecule has 1 rings (SSSR count). The van der Waals surface area contributed by atoms with Crippen LogP contribution in [0.4, 0.5) is 4.39 Å². The van der Waals surface area contributed by atoms with Crippen molar-refractivity contribution < 1.29 is 4.39 Å². The van der Waals surface area contributed by atoms with Gasteiger partial charge in [-0.2, -0.15) is 0 Å². The Morgan fingerprint density at radius 2 is 2.42 bits per heavy atom. The largest absolute Gasteiger partial charge is 0.309 e. The third-order valence-corrected chi connectivity index (χ3v) is 2.65. The van der Waals surface area contributed by atoms with Crippen LogP contribution in [0.15, 0.2) is 23.6 Å². The van der Waals surface area contributed by atoms with Crippen LogP contribution < -0.4 is 5.32 Å². The van der Waals surface area contributed by atoms with Crippen LogP contribution in [0, 0.1) is 5.82 Å². The number of hydrogen-bond donors (Lipinski definition) is 1. The summed E-state index contributed by atoms with van der Waals surface area (Å²) in [4.78, 5) is 0.713. The SMILES string of the molecule is C=C(C)C(NC)c1sccc1F. The summed E-state index contributed by atoms with van der Waals surface area (Å²) < 4.78 is 13.1. The predicted molar refractivity (Wildman–Crippen MR) is 50.9 cm³/mol. The van der Waals surface area contributed by atoms with Crippen molar-refractivity contribution in [3.63, 3.8) is 0 Å². The van der Waals surface area contributed by atoms with Gasteiger partial charge < -0.3 is 5.32 Å². The first-order valence-corrected chi connectivity index (χ1v) is 4.60. The molecular weight excluding hydrogens is 173 g/mol. The zero-order chi connectivity index (χ0) is 9.14. The summed E-state index contributed by atoms with van der Waals surface area (Å²) in [7, 11) is 1.80. The molecule has 1 heterocycles. The van der Waals surface area contributed by atoms with Crippen LogP contribution in [0.3, 0.4) is 0 Å². The fourth-order valence-corrected chi connectivity index (χ4v) is 2.08. The average Bonchev–Trinajstić information content (AvgIpc) is 2.38. The quantitative estimate of drug-likeness (QED) is 0.714.